The molecule has 0 N–H and O–H groups in total. The maximum absolute atomic E-state index is 0. The maximum Gasteiger partial charge on any atom is 1.00 e. The van der Waals surface area contributed by atoms with E-state index < -0.39 is 0 Å². The van der Waals surface area contributed by atoms with Gasteiger partial charge in [-0.05, 0) is 0 Å². The van der Waals surface area contributed by atoms with Gasteiger partial charge in [0.15, 0.2) is 17.4 Å². The first kappa shape index (κ1) is 47.8. The van der Waals surface area contributed by atoms with Crippen LogP contribution in [0.15, 0.2) is 0 Å². The van der Waals surface area contributed by atoms with Crippen molar-refractivity contribution in [1.82, 2.24) is 0 Å². The summed E-state index contributed by atoms with van der Waals surface area (Å²) < 4.78 is 0. The molecule has 0 nitrogen and oxygen atoms in total. The van der Waals surface area contributed by atoms with E-state index in [4.69, 9.17) is 0 Å². The van der Waals surface area contributed by atoms with Crippen molar-refractivity contribution in [3.05, 3.63) is 0 Å². The van der Waals surface area contributed by atoms with E-state index in [2.05, 4.69) is 0 Å². The second-order valence-electron chi connectivity index (χ2n) is 0. The molecular formula is H4AlCoCuFeLi. The zero-order chi connectivity index (χ0) is 0. The van der Waals surface area contributed by atoms with Gasteiger partial charge in [-0.3, -0.25) is 0 Å². The van der Waals surface area contributed by atoms with Gasteiger partial charge in [-0.25, -0.2) is 0 Å². The predicted molar refractivity (Wildman–Crippen MR) is 11.1 cm³/mol. The van der Waals surface area contributed by atoms with Crippen molar-refractivity contribution < 1.29 is 71.2 Å². The average Bonchev–Trinajstić information content (AvgIpc) is 0. The average molecular weight is 216 g/mol. The van der Waals surface area contributed by atoms with Gasteiger partial charge in [0.25, 0.3) is 0 Å². The van der Waals surface area contributed by atoms with Crippen molar-refractivity contribution in [2.75, 3.05) is 0 Å². The number of hydrogen-bond acceptors (Lipinski definition) is 0. The normalized spacial score (nSPS) is 0. The summed E-state index contributed by atoms with van der Waals surface area (Å²) in [5, 5.41) is 0. The Hall–Kier alpha value is 2.68. The van der Waals surface area contributed by atoms with E-state index >= 15 is 0 Å². The third kappa shape index (κ3) is 20.4. The van der Waals surface area contributed by atoms with Crippen molar-refractivity contribution in [3.8, 4) is 0 Å². The Balaban J connectivity index is 0. The molecule has 0 aromatic carbocycles. The second kappa shape index (κ2) is 30.0. The quantitative estimate of drug-likeness (QED) is 0.361. The van der Waals surface area contributed by atoms with Crippen LogP contribution < -0.4 is 18.9 Å². The minimum Gasteiger partial charge on any atom is -1.00 e. The molecule has 0 unspecified atom stereocenters. The molecule has 0 aromatic heterocycles. The molecule has 0 fully saturated rings. The molecule has 0 aliphatic heterocycles. The van der Waals surface area contributed by atoms with Crippen molar-refractivity contribution >= 4 is 17.4 Å². The summed E-state index contributed by atoms with van der Waals surface area (Å²) in [5.74, 6) is 0. The third-order valence-electron chi connectivity index (χ3n) is 0. The van der Waals surface area contributed by atoms with Crippen LogP contribution in [0.3, 0.4) is 0 Å². The first-order valence-corrected chi connectivity index (χ1v) is 0. The van der Waals surface area contributed by atoms with E-state index in [0.717, 1.165) is 0 Å². The Morgan fingerprint density at radius 3 is 1.20 bits per heavy atom. The van der Waals surface area contributed by atoms with Crippen molar-refractivity contribution in [3.63, 3.8) is 0 Å². The maximum atomic E-state index is 0. The Kier molecular flexibility index (Phi) is 287. The van der Waals surface area contributed by atoms with Gasteiger partial charge in [0.05, 0.1) is 0 Å². The fourth-order valence-electron chi connectivity index (χ4n) is 0. The van der Waals surface area contributed by atoms with Crippen molar-refractivity contribution in [2.45, 2.75) is 0 Å². The molecule has 0 saturated carbocycles. The summed E-state index contributed by atoms with van der Waals surface area (Å²) in [4.78, 5) is 0. The topological polar surface area (TPSA) is 0 Å². The fraction of sp³-hybridized carbons (Fsp3) is 0. The molecule has 0 amide bonds. The van der Waals surface area contributed by atoms with Gasteiger partial charge in [0.1, 0.15) is 0 Å². The molecule has 0 saturated heterocycles. The fourth-order valence-corrected chi connectivity index (χ4v) is 0. The van der Waals surface area contributed by atoms with Crippen LogP contribution in [0.2, 0.25) is 0 Å². The molecule has 0 aliphatic carbocycles. The monoisotopic (exact) mass is 216 g/mol. The van der Waals surface area contributed by atoms with Crippen LogP contribution in [0.1, 0.15) is 1.43 Å². The van der Waals surface area contributed by atoms with Crippen molar-refractivity contribution in [1.29, 1.82) is 0 Å². The van der Waals surface area contributed by atoms with Crippen LogP contribution >= 0.6 is 0 Å². The van der Waals surface area contributed by atoms with Crippen LogP contribution in [0, 0.1) is 0 Å². The van der Waals surface area contributed by atoms with Crippen molar-refractivity contribution in [2.24, 2.45) is 0 Å². The summed E-state index contributed by atoms with van der Waals surface area (Å²) in [7, 11) is 0. The summed E-state index contributed by atoms with van der Waals surface area (Å²) in [5.41, 5.74) is 0. The first-order valence-electron chi connectivity index (χ1n) is 0. The molecule has 0 bridgehead atoms. The van der Waals surface area contributed by atoms with Crippen LogP contribution in [0.5, 0.6) is 0 Å². The summed E-state index contributed by atoms with van der Waals surface area (Å²) >= 11 is 0. The first-order chi connectivity index (χ1) is 0. The third-order valence-corrected chi connectivity index (χ3v) is 0. The minimum absolute atomic E-state index is 0. The Morgan fingerprint density at radius 2 is 1.20 bits per heavy atom. The van der Waals surface area contributed by atoms with Gasteiger partial charge in [-0.1, -0.05) is 0 Å². The minimum atomic E-state index is 0. The van der Waals surface area contributed by atoms with E-state index in [1.807, 2.05) is 0 Å². The molecule has 0 aromatic rings. The summed E-state index contributed by atoms with van der Waals surface area (Å²) in [6.07, 6.45) is 0. The Morgan fingerprint density at radius 1 is 1.20 bits per heavy atom. The molecule has 5 heavy (non-hydrogen) atoms. The molecule has 2 radical (unpaired) electrons. The Labute approximate surface area is 87.5 Å². The van der Waals surface area contributed by atoms with E-state index in [-0.39, 0.29) is 88.6 Å². The smallest absolute Gasteiger partial charge is 1.00 e. The van der Waals surface area contributed by atoms with Gasteiger partial charge in [0, 0.05) is 50.9 Å². The van der Waals surface area contributed by atoms with Gasteiger partial charge in [-0.2, -0.15) is 0 Å². The molecule has 36 valence electrons. The Bertz CT molecular complexity index is 15.5. The van der Waals surface area contributed by atoms with E-state index in [9.17, 15) is 0 Å². The molecule has 0 spiro atoms. The molecule has 0 rings (SSSR count). The van der Waals surface area contributed by atoms with E-state index in [1.54, 1.807) is 0 Å². The molecule has 0 heterocycles. The van der Waals surface area contributed by atoms with Crippen LogP contribution in [-0.2, 0) is 50.9 Å². The van der Waals surface area contributed by atoms with Gasteiger partial charge >= 0.3 is 18.9 Å². The molecule has 0 aliphatic rings. The second-order valence-corrected chi connectivity index (χ2v) is 0. The largest absolute Gasteiger partial charge is 1.00 e. The SMILES string of the molecule is [AlH3].[Co].[Cu].[Fe].[H-].[Li+]. The van der Waals surface area contributed by atoms with Gasteiger partial charge in [-0.15, -0.1) is 0 Å². The van der Waals surface area contributed by atoms with Gasteiger partial charge < -0.3 is 1.43 Å². The van der Waals surface area contributed by atoms with Crippen LogP contribution in [0.25, 0.3) is 0 Å². The predicted octanol–water partition coefficient (Wildman–Crippen LogP) is -4.07. The number of hydrogen-bond donors (Lipinski definition) is 0. The zero-order valence-corrected chi connectivity index (χ0v) is 5.08. The van der Waals surface area contributed by atoms with E-state index in [0.29, 0.717) is 0 Å². The standard InChI is InChI=1S/Al.Co.Cu.Fe.Li.4H/q;;;;+1;;;;-1. The summed E-state index contributed by atoms with van der Waals surface area (Å²) in [6.45, 7) is 0. The van der Waals surface area contributed by atoms with Crippen LogP contribution in [-0.4, -0.2) is 17.4 Å². The molecule has 0 atom stereocenters. The zero-order valence-electron chi connectivity index (χ0n) is 2.99. The summed E-state index contributed by atoms with van der Waals surface area (Å²) in [6, 6.07) is 0. The van der Waals surface area contributed by atoms with Gasteiger partial charge in [0.2, 0.25) is 0 Å². The molecule has 5 heteroatoms. The van der Waals surface area contributed by atoms with E-state index in [1.165, 1.54) is 0 Å². The van der Waals surface area contributed by atoms with Crippen LogP contribution in [0.4, 0.5) is 0 Å². The molecular weight excluding hydrogens is 212 g/mol. The number of rotatable bonds is 0.